The molecule has 0 N–H and O–H groups in total. The van der Waals surface area contributed by atoms with Crippen LogP contribution in [0.4, 0.5) is 18.4 Å². The standard InChI is InChI=1S/C12H10F3NO5S/c13-12(14)20-9-3-1-2-8(11(9)21-12)16-5-7(4-10(16)17)6-22(15,18)19/h1-3,7H,4-6H2. The van der Waals surface area contributed by atoms with Gasteiger partial charge in [0, 0.05) is 18.9 Å². The molecule has 0 saturated carbocycles. The fourth-order valence-electron chi connectivity index (χ4n) is 2.57. The molecule has 1 aromatic rings. The molecule has 0 spiro atoms. The van der Waals surface area contributed by atoms with Crippen molar-refractivity contribution in [2.75, 3.05) is 17.2 Å². The summed E-state index contributed by atoms with van der Waals surface area (Å²) in [4.78, 5) is 13.1. The van der Waals surface area contributed by atoms with Crippen LogP contribution in [0.5, 0.6) is 11.5 Å². The SMILES string of the molecule is O=C1CC(CS(=O)(=O)F)CN1c1cccc2c1OC(F)(F)O2. The van der Waals surface area contributed by atoms with E-state index in [0.29, 0.717) is 0 Å². The maximum Gasteiger partial charge on any atom is 0.586 e. The van der Waals surface area contributed by atoms with E-state index in [9.17, 15) is 25.9 Å². The lowest BCUT2D eigenvalue weighted by Gasteiger charge is -2.18. The average Bonchev–Trinajstić information content (AvgIpc) is 2.84. The number of ether oxygens (including phenoxy) is 2. The normalized spacial score (nSPS) is 23.1. The lowest BCUT2D eigenvalue weighted by atomic mass is 10.1. The van der Waals surface area contributed by atoms with Crippen molar-refractivity contribution in [1.82, 2.24) is 0 Å². The molecular weight excluding hydrogens is 327 g/mol. The van der Waals surface area contributed by atoms with Crippen molar-refractivity contribution in [3.8, 4) is 11.5 Å². The second-order valence-electron chi connectivity index (χ2n) is 5.05. The first-order valence-corrected chi connectivity index (χ1v) is 7.81. The van der Waals surface area contributed by atoms with Crippen LogP contribution in [0.2, 0.25) is 0 Å². The Hall–Kier alpha value is -1.97. The largest absolute Gasteiger partial charge is 0.586 e. The van der Waals surface area contributed by atoms with Crippen molar-refractivity contribution >= 4 is 21.8 Å². The molecule has 2 heterocycles. The Balaban J connectivity index is 1.88. The minimum absolute atomic E-state index is 0.0402. The van der Waals surface area contributed by atoms with Crippen LogP contribution in [0.1, 0.15) is 6.42 Å². The summed E-state index contributed by atoms with van der Waals surface area (Å²) in [6.07, 6.45) is -4.02. The summed E-state index contributed by atoms with van der Waals surface area (Å²) in [5.41, 5.74) is 0.0402. The fourth-order valence-corrected chi connectivity index (χ4v) is 3.36. The van der Waals surface area contributed by atoms with Crippen LogP contribution in [0.3, 0.4) is 0 Å². The Bertz CT molecular complexity index is 736. The van der Waals surface area contributed by atoms with Gasteiger partial charge in [-0.05, 0) is 12.1 Å². The second kappa shape index (κ2) is 4.77. The highest BCUT2D eigenvalue weighted by molar-refractivity contribution is 7.86. The molecule has 120 valence electrons. The van der Waals surface area contributed by atoms with Gasteiger partial charge >= 0.3 is 16.5 Å². The first-order valence-electron chi connectivity index (χ1n) is 6.26. The summed E-state index contributed by atoms with van der Waals surface area (Å²) in [5.74, 6) is -2.57. The highest BCUT2D eigenvalue weighted by Crippen LogP contribution is 2.48. The summed E-state index contributed by atoms with van der Waals surface area (Å²) in [7, 11) is -4.72. The Morgan fingerprint density at radius 2 is 2.05 bits per heavy atom. The molecule has 1 saturated heterocycles. The number of nitrogens with zero attached hydrogens (tertiary/aromatic N) is 1. The summed E-state index contributed by atoms with van der Waals surface area (Å²) in [5, 5.41) is 0. The Morgan fingerprint density at radius 1 is 1.32 bits per heavy atom. The van der Waals surface area contributed by atoms with Crippen molar-refractivity contribution in [3.05, 3.63) is 18.2 Å². The number of carbonyl (C=O) groups excluding carboxylic acids is 1. The van der Waals surface area contributed by atoms with E-state index in [1.807, 2.05) is 0 Å². The van der Waals surface area contributed by atoms with E-state index < -0.39 is 34.1 Å². The van der Waals surface area contributed by atoms with Crippen molar-refractivity contribution in [1.29, 1.82) is 0 Å². The Morgan fingerprint density at radius 3 is 2.73 bits per heavy atom. The van der Waals surface area contributed by atoms with E-state index in [2.05, 4.69) is 9.47 Å². The van der Waals surface area contributed by atoms with Crippen molar-refractivity contribution in [2.45, 2.75) is 12.7 Å². The van der Waals surface area contributed by atoms with Gasteiger partial charge in [-0.25, -0.2) is 0 Å². The molecule has 10 heteroatoms. The zero-order valence-corrected chi connectivity index (χ0v) is 11.8. The molecule has 1 amide bonds. The number of rotatable bonds is 3. The number of benzene rings is 1. The third-order valence-electron chi connectivity index (χ3n) is 3.34. The molecule has 1 atom stereocenters. The predicted molar refractivity (Wildman–Crippen MR) is 68.0 cm³/mol. The van der Waals surface area contributed by atoms with Crippen LogP contribution >= 0.6 is 0 Å². The molecule has 0 bridgehead atoms. The number of alkyl halides is 2. The van der Waals surface area contributed by atoms with Crippen LogP contribution in [-0.4, -0.2) is 32.9 Å². The van der Waals surface area contributed by atoms with Gasteiger partial charge in [0.15, 0.2) is 11.5 Å². The zero-order chi connectivity index (χ0) is 16.1. The fraction of sp³-hybridized carbons (Fsp3) is 0.417. The first kappa shape index (κ1) is 14.9. The smallest absolute Gasteiger partial charge is 0.395 e. The zero-order valence-electron chi connectivity index (χ0n) is 11.0. The highest BCUT2D eigenvalue weighted by atomic mass is 32.3. The molecule has 0 aliphatic carbocycles. The van der Waals surface area contributed by atoms with Gasteiger partial charge in [0.1, 0.15) is 0 Å². The second-order valence-corrected chi connectivity index (χ2v) is 6.46. The molecule has 2 aliphatic rings. The molecule has 3 rings (SSSR count). The maximum atomic E-state index is 13.1. The molecule has 1 aromatic carbocycles. The molecule has 0 radical (unpaired) electrons. The summed E-state index contributed by atoms with van der Waals surface area (Å²) >= 11 is 0. The lowest BCUT2D eigenvalue weighted by molar-refractivity contribution is -0.286. The predicted octanol–water partition coefficient (Wildman–Crippen LogP) is 1.66. The number of para-hydroxylation sites is 1. The van der Waals surface area contributed by atoms with E-state index in [-0.39, 0.29) is 30.2 Å². The van der Waals surface area contributed by atoms with Gasteiger partial charge in [0.25, 0.3) is 0 Å². The molecule has 0 aromatic heterocycles. The van der Waals surface area contributed by atoms with Gasteiger partial charge in [-0.3, -0.25) is 4.79 Å². The van der Waals surface area contributed by atoms with Crippen LogP contribution in [0.25, 0.3) is 0 Å². The van der Waals surface area contributed by atoms with Gasteiger partial charge in [0.2, 0.25) is 5.91 Å². The number of halogens is 3. The number of carbonyl (C=O) groups is 1. The molecule has 22 heavy (non-hydrogen) atoms. The molecule has 1 fully saturated rings. The summed E-state index contributed by atoms with van der Waals surface area (Å²) < 4.78 is 69.0. The lowest BCUT2D eigenvalue weighted by Crippen LogP contribution is -2.28. The quantitative estimate of drug-likeness (QED) is 0.785. The minimum Gasteiger partial charge on any atom is -0.395 e. The van der Waals surface area contributed by atoms with Crippen molar-refractivity contribution in [2.24, 2.45) is 5.92 Å². The van der Waals surface area contributed by atoms with Crippen LogP contribution in [0.15, 0.2) is 18.2 Å². The van der Waals surface area contributed by atoms with Gasteiger partial charge in [-0.1, -0.05) is 6.07 Å². The topological polar surface area (TPSA) is 72.9 Å². The van der Waals surface area contributed by atoms with E-state index in [1.54, 1.807) is 0 Å². The number of anilines is 1. The highest BCUT2D eigenvalue weighted by Gasteiger charge is 2.46. The van der Waals surface area contributed by atoms with Crippen LogP contribution in [-0.2, 0) is 15.0 Å². The van der Waals surface area contributed by atoms with Gasteiger partial charge in [0.05, 0.1) is 11.4 Å². The minimum atomic E-state index is -4.72. The van der Waals surface area contributed by atoms with Gasteiger partial charge in [-0.15, -0.1) is 12.7 Å². The number of fused-ring (bicyclic) bond motifs is 1. The molecule has 1 unspecified atom stereocenters. The van der Waals surface area contributed by atoms with E-state index in [1.165, 1.54) is 18.2 Å². The number of amides is 1. The van der Waals surface area contributed by atoms with Crippen LogP contribution in [0, 0.1) is 5.92 Å². The maximum absolute atomic E-state index is 13.1. The third-order valence-corrected chi connectivity index (χ3v) is 4.21. The monoisotopic (exact) mass is 337 g/mol. The first-order chi connectivity index (χ1) is 10.1. The third kappa shape index (κ3) is 2.82. The summed E-state index contributed by atoms with van der Waals surface area (Å²) in [6, 6.07) is 4.02. The van der Waals surface area contributed by atoms with Crippen LogP contribution < -0.4 is 14.4 Å². The molecule has 2 aliphatic heterocycles. The molecule has 6 nitrogen and oxygen atoms in total. The van der Waals surface area contributed by atoms with E-state index in [0.717, 1.165) is 4.90 Å². The van der Waals surface area contributed by atoms with E-state index in [4.69, 9.17) is 0 Å². The van der Waals surface area contributed by atoms with Gasteiger partial charge in [-0.2, -0.15) is 8.42 Å². The van der Waals surface area contributed by atoms with E-state index >= 15 is 0 Å². The number of hydrogen-bond acceptors (Lipinski definition) is 5. The summed E-state index contributed by atoms with van der Waals surface area (Å²) in [6.45, 7) is -0.104. The number of hydrogen-bond donors (Lipinski definition) is 0. The van der Waals surface area contributed by atoms with Crippen molar-refractivity contribution in [3.63, 3.8) is 0 Å². The Labute approximate surface area is 123 Å². The van der Waals surface area contributed by atoms with Crippen molar-refractivity contribution < 1.29 is 35.4 Å². The molecular formula is C12H10F3NO5S. The Kier molecular flexibility index (Phi) is 3.24. The average molecular weight is 337 g/mol. The van der Waals surface area contributed by atoms with Gasteiger partial charge < -0.3 is 14.4 Å².